The highest BCUT2D eigenvalue weighted by molar-refractivity contribution is 7.91. The van der Waals surface area contributed by atoms with E-state index in [0.29, 0.717) is 25.9 Å². The summed E-state index contributed by atoms with van der Waals surface area (Å²) in [6, 6.07) is 0. The number of likely N-dealkylation sites (tertiary alicyclic amines) is 1. The molecule has 8 heteroatoms. The molecular formula is C16H24N4O3S. The van der Waals surface area contributed by atoms with Crippen molar-refractivity contribution < 1.29 is 14.5 Å². The van der Waals surface area contributed by atoms with Gasteiger partial charge in [-0.1, -0.05) is 4.40 Å². The smallest absolute Gasteiger partial charge is 0.407 e. The Kier molecular flexibility index (Phi) is 4.16. The molecule has 1 amide bonds. The average molecular weight is 352 g/mol. The van der Waals surface area contributed by atoms with Gasteiger partial charge in [-0.3, -0.25) is 4.68 Å². The number of carboxylic acid groups (broad SMARTS) is 1. The summed E-state index contributed by atoms with van der Waals surface area (Å²) < 4.78 is 18.7. The standard InChI is InChI=1S/C16H24N4O3S/c1-15(2,3)24(23)18-13-11-10-17-19(4)12(11)9-16(13)5-7-20(8-6-16)14(21)22/h10H,5-9H2,1-4H3,(H,21,22). The number of aromatic nitrogens is 2. The van der Waals surface area contributed by atoms with E-state index in [1.54, 1.807) is 6.20 Å². The predicted molar refractivity (Wildman–Crippen MR) is 92.6 cm³/mol. The summed E-state index contributed by atoms with van der Waals surface area (Å²) in [6.07, 6.45) is 3.11. The van der Waals surface area contributed by atoms with E-state index < -0.39 is 22.2 Å². The number of nitrogens with zero attached hydrogens (tertiary/aromatic N) is 4. The maximum absolute atomic E-state index is 12.6. The average Bonchev–Trinajstić information content (AvgIpc) is 2.98. The molecule has 1 aliphatic carbocycles. The van der Waals surface area contributed by atoms with Crippen LogP contribution in [0.5, 0.6) is 0 Å². The summed E-state index contributed by atoms with van der Waals surface area (Å²) in [6.45, 7) is 6.69. The van der Waals surface area contributed by atoms with Crippen LogP contribution in [0.25, 0.3) is 0 Å². The first-order valence-corrected chi connectivity index (χ1v) is 9.25. The quantitative estimate of drug-likeness (QED) is 0.782. The van der Waals surface area contributed by atoms with Gasteiger partial charge >= 0.3 is 6.09 Å². The van der Waals surface area contributed by atoms with Crippen molar-refractivity contribution in [2.75, 3.05) is 13.1 Å². The van der Waals surface area contributed by atoms with E-state index in [-0.39, 0.29) is 5.41 Å². The third-order valence-corrected chi connectivity index (χ3v) is 6.41. The van der Waals surface area contributed by atoms with Gasteiger partial charge in [0.05, 0.1) is 6.20 Å². The molecular weight excluding hydrogens is 328 g/mol. The molecule has 1 atom stereocenters. The largest absolute Gasteiger partial charge is 0.591 e. The monoisotopic (exact) mass is 352 g/mol. The Balaban J connectivity index is 1.98. The maximum Gasteiger partial charge on any atom is 0.407 e. The normalized spacial score (nSPS) is 22.9. The summed E-state index contributed by atoms with van der Waals surface area (Å²) >= 11 is -1.35. The second-order valence-electron chi connectivity index (χ2n) is 7.66. The lowest BCUT2D eigenvalue weighted by molar-refractivity contribution is 0.114. The lowest BCUT2D eigenvalue weighted by Gasteiger charge is -2.38. The molecule has 1 fully saturated rings. The molecule has 24 heavy (non-hydrogen) atoms. The molecule has 0 radical (unpaired) electrons. The molecule has 0 bridgehead atoms. The molecule has 2 heterocycles. The predicted octanol–water partition coefficient (Wildman–Crippen LogP) is 1.99. The zero-order chi connectivity index (χ0) is 17.7. The van der Waals surface area contributed by atoms with Gasteiger partial charge in [0.15, 0.2) is 0 Å². The Labute approximate surface area is 145 Å². The van der Waals surface area contributed by atoms with Crippen molar-refractivity contribution in [3.8, 4) is 0 Å². The fourth-order valence-electron chi connectivity index (χ4n) is 3.47. The molecule has 1 N–H and O–H groups in total. The molecule has 2 aliphatic rings. The molecule has 1 saturated heterocycles. The molecule has 1 aliphatic heterocycles. The zero-order valence-corrected chi connectivity index (χ0v) is 15.4. The minimum Gasteiger partial charge on any atom is -0.591 e. The molecule has 0 aromatic carbocycles. The first-order valence-electron chi connectivity index (χ1n) is 8.14. The lowest BCUT2D eigenvalue weighted by atomic mass is 9.75. The number of amides is 1. The number of aryl methyl sites for hydroxylation is 1. The number of rotatable bonds is 1. The molecule has 132 valence electrons. The summed E-state index contributed by atoms with van der Waals surface area (Å²) in [5.41, 5.74) is 2.70. The Morgan fingerprint density at radius 3 is 2.58 bits per heavy atom. The first-order chi connectivity index (χ1) is 11.1. The van der Waals surface area contributed by atoms with Gasteiger partial charge in [0, 0.05) is 43.2 Å². The van der Waals surface area contributed by atoms with E-state index in [4.69, 9.17) is 0 Å². The van der Waals surface area contributed by atoms with E-state index in [1.165, 1.54) is 4.90 Å². The molecule has 1 aromatic rings. The van der Waals surface area contributed by atoms with Crippen molar-refractivity contribution in [3.05, 3.63) is 17.5 Å². The molecule has 3 rings (SSSR count). The van der Waals surface area contributed by atoms with E-state index in [1.807, 2.05) is 32.5 Å². The van der Waals surface area contributed by atoms with Crippen molar-refractivity contribution >= 4 is 23.2 Å². The number of carbonyl (C=O) groups is 1. The zero-order valence-electron chi connectivity index (χ0n) is 14.6. The van der Waals surface area contributed by atoms with Crippen LogP contribution in [-0.4, -0.2) is 54.0 Å². The van der Waals surface area contributed by atoms with E-state index in [9.17, 15) is 14.5 Å². The summed E-state index contributed by atoms with van der Waals surface area (Å²) in [5.74, 6) is 0. The number of piperidine rings is 1. The van der Waals surface area contributed by atoms with Crippen LogP contribution in [-0.2, 0) is 24.8 Å². The highest BCUT2D eigenvalue weighted by Gasteiger charge is 2.49. The third-order valence-electron chi connectivity index (χ3n) is 5.01. The van der Waals surface area contributed by atoms with Gasteiger partial charge in [-0.25, -0.2) is 4.79 Å². The van der Waals surface area contributed by atoms with E-state index >= 15 is 0 Å². The van der Waals surface area contributed by atoms with E-state index in [2.05, 4.69) is 9.50 Å². The van der Waals surface area contributed by atoms with Gasteiger partial charge in [0.25, 0.3) is 0 Å². The second kappa shape index (κ2) is 5.77. The molecule has 1 aromatic heterocycles. The van der Waals surface area contributed by atoms with Crippen molar-refractivity contribution in [1.29, 1.82) is 0 Å². The van der Waals surface area contributed by atoms with Gasteiger partial charge in [-0.15, -0.1) is 0 Å². The number of fused-ring (bicyclic) bond motifs is 1. The van der Waals surface area contributed by atoms with Gasteiger partial charge in [-0.05, 0) is 33.6 Å². The highest BCUT2D eigenvalue weighted by atomic mass is 32.2. The fraction of sp³-hybridized carbons (Fsp3) is 0.688. The molecule has 1 unspecified atom stereocenters. The van der Waals surface area contributed by atoms with Crippen molar-refractivity contribution in [3.63, 3.8) is 0 Å². The van der Waals surface area contributed by atoms with Crippen LogP contribution in [0.15, 0.2) is 10.6 Å². The summed E-state index contributed by atoms with van der Waals surface area (Å²) in [4.78, 5) is 12.7. The first kappa shape index (κ1) is 17.3. The summed E-state index contributed by atoms with van der Waals surface area (Å²) in [5, 5.41) is 13.5. The van der Waals surface area contributed by atoms with E-state index in [0.717, 1.165) is 23.4 Å². The minimum absolute atomic E-state index is 0.224. The van der Waals surface area contributed by atoms with Crippen LogP contribution >= 0.6 is 0 Å². The third kappa shape index (κ3) is 2.82. The number of hydrogen-bond acceptors (Lipinski definition) is 4. The van der Waals surface area contributed by atoms with Gasteiger partial charge in [0.1, 0.15) is 21.8 Å². The van der Waals surface area contributed by atoms with Crippen molar-refractivity contribution in [1.82, 2.24) is 14.7 Å². The topological polar surface area (TPSA) is 93.8 Å². The van der Waals surface area contributed by atoms with Crippen molar-refractivity contribution in [2.45, 2.75) is 44.8 Å². The van der Waals surface area contributed by atoms with Gasteiger partial charge < -0.3 is 14.6 Å². The summed E-state index contributed by atoms with van der Waals surface area (Å²) in [7, 11) is 1.91. The Hall–Kier alpha value is -1.54. The van der Waals surface area contributed by atoms with Crippen LogP contribution in [0.1, 0.15) is 44.9 Å². The SMILES string of the molecule is Cn1ncc2c1CC1(CCN(C(=O)O)CC1)C2=N[S+]([O-])C(C)(C)C. The maximum atomic E-state index is 12.6. The Morgan fingerprint density at radius 1 is 1.42 bits per heavy atom. The van der Waals surface area contributed by atoms with Crippen LogP contribution in [0.4, 0.5) is 4.79 Å². The van der Waals surface area contributed by atoms with Crippen LogP contribution in [0, 0.1) is 5.41 Å². The van der Waals surface area contributed by atoms with Crippen LogP contribution in [0.2, 0.25) is 0 Å². The van der Waals surface area contributed by atoms with Crippen LogP contribution in [0.3, 0.4) is 0 Å². The highest BCUT2D eigenvalue weighted by Crippen LogP contribution is 2.45. The molecule has 1 spiro atoms. The minimum atomic E-state index is -1.35. The van der Waals surface area contributed by atoms with Gasteiger partial charge in [0.2, 0.25) is 0 Å². The van der Waals surface area contributed by atoms with Crippen LogP contribution < -0.4 is 0 Å². The second-order valence-corrected chi connectivity index (χ2v) is 9.56. The fourth-order valence-corrected chi connectivity index (χ4v) is 4.20. The lowest BCUT2D eigenvalue weighted by Crippen LogP contribution is -2.46. The molecule has 0 saturated carbocycles. The van der Waals surface area contributed by atoms with Crippen molar-refractivity contribution in [2.24, 2.45) is 16.9 Å². The Bertz CT molecular complexity index is 684. The number of hydrogen-bond donors (Lipinski definition) is 1. The van der Waals surface area contributed by atoms with Gasteiger partial charge in [-0.2, -0.15) is 5.10 Å². The molecule has 7 nitrogen and oxygen atoms in total. The Morgan fingerprint density at radius 2 is 2.04 bits per heavy atom.